The fraction of sp³-hybridized carbons (Fsp3) is 1.00. The summed E-state index contributed by atoms with van der Waals surface area (Å²) in [5.41, 5.74) is 0. The van der Waals surface area contributed by atoms with Gasteiger partial charge in [-0.05, 0) is 25.7 Å². The van der Waals surface area contributed by atoms with Crippen molar-refractivity contribution in [3.63, 3.8) is 0 Å². The summed E-state index contributed by atoms with van der Waals surface area (Å²) in [6, 6.07) is 0. The fourth-order valence-electron chi connectivity index (χ4n) is 6.97. The van der Waals surface area contributed by atoms with E-state index in [2.05, 4.69) is 13.8 Å². The molecule has 3 nitrogen and oxygen atoms in total. The molecular weight excluding hydrogens is 583 g/mol. The van der Waals surface area contributed by atoms with Crippen LogP contribution in [-0.4, -0.2) is 19.3 Å². The Morgan fingerprint density at radius 3 is 0.891 bits per heavy atom. The van der Waals surface area contributed by atoms with Crippen LogP contribution in [-0.2, 0) is 13.6 Å². The summed E-state index contributed by atoms with van der Waals surface area (Å²) in [4.78, 5) is 0. The maximum atomic E-state index is 6.37. The lowest BCUT2D eigenvalue weighted by Crippen LogP contribution is -2.15. The summed E-state index contributed by atoms with van der Waals surface area (Å²) >= 11 is 0. The standard InChI is InChI=1S/C42H85O3P/c1-3-5-7-9-11-13-15-17-19-21-23-25-27-29-31-36-40-43-46(45-42-38-34-33-35-39-42)44-41-37-32-30-28-26-24-22-20-18-16-14-12-10-8-6-4-2/h42H,3-41H2,1-2H3. The molecule has 0 amide bonds. The lowest BCUT2D eigenvalue weighted by molar-refractivity contribution is 0.0934. The van der Waals surface area contributed by atoms with Gasteiger partial charge in [-0.3, -0.25) is 0 Å². The summed E-state index contributed by atoms with van der Waals surface area (Å²) in [7, 11) is -1.17. The molecule has 0 aromatic heterocycles. The van der Waals surface area contributed by atoms with Crippen LogP contribution in [0.3, 0.4) is 0 Å². The molecule has 0 unspecified atom stereocenters. The van der Waals surface area contributed by atoms with Crippen LogP contribution in [0.25, 0.3) is 0 Å². The first-order chi connectivity index (χ1) is 22.9. The molecule has 4 heteroatoms. The van der Waals surface area contributed by atoms with Gasteiger partial charge in [0.05, 0.1) is 19.3 Å². The SMILES string of the molecule is CCCCCCCCCCCCCCCCCCOP(OCCCCCCCCCCCCCCCCCC)OC1CCCCC1. The first-order valence-electron chi connectivity index (χ1n) is 21.6. The van der Waals surface area contributed by atoms with E-state index in [0.717, 1.165) is 26.1 Å². The van der Waals surface area contributed by atoms with Gasteiger partial charge in [0.2, 0.25) is 0 Å². The lowest BCUT2D eigenvalue weighted by atomic mass is 9.98. The molecule has 0 bridgehead atoms. The Hall–Kier alpha value is 0.310. The molecule has 0 atom stereocenters. The van der Waals surface area contributed by atoms with E-state index >= 15 is 0 Å². The van der Waals surface area contributed by atoms with E-state index in [1.54, 1.807) is 0 Å². The molecule has 0 spiro atoms. The van der Waals surface area contributed by atoms with Gasteiger partial charge in [-0.2, -0.15) is 0 Å². The van der Waals surface area contributed by atoms with Gasteiger partial charge in [0.25, 0.3) is 0 Å². The molecule has 1 fully saturated rings. The molecule has 1 aliphatic carbocycles. The lowest BCUT2D eigenvalue weighted by Gasteiger charge is -2.26. The van der Waals surface area contributed by atoms with Crippen LogP contribution < -0.4 is 0 Å². The molecule has 0 saturated heterocycles. The summed E-state index contributed by atoms with van der Waals surface area (Å²) in [5.74, 6) is 0. The predicted octanol–water partition coefficient (Wildman–Crippen LogP) is 16.1. The van der Waals surface area contributed by atoms with Crippen LogP contribution in [0.4, 0.5) is 0 Å². The minimum Gasteiger partial charge on any atom is -0.312 e. The van der Waals surface area contributed by atoms with Gasteiger partial charge in [0, 0.05) is 0 Å². The first-order valence-corrected chi connectivity index (χ1v) is 22.7. The largest absolute Gasteiger partial charge is 0.332 e. The second-order valence-electron chi connectivity index (χ2n) is 14.9. The molecule has 1 aliphatic rings. The van der Waals surface area contributed by atoms with E-state index in [-0.39, 0.29) is 0 Å². The molecule has 0 N–H and O–H groups in total. The maximum absolute atomic E-state index is 6.37. The molecule has 0 aromatic carbocycles. The normalized spacial score (nSPS) is 14.2. The Labute approximate surface area is 292 Å². The minimum absolute atomic E-state index is 0.358. The van der Waals surface area contributed by atoms with Crippen molar-refractivity contribution >= 4 is 8.60 Å². The highest BCUT2D eigenvalue weighted by Gasteiger charge is 2.21. The predicted molar refractivity (Wildman–Crippen MR) is 206 cm³/mol. The van der Waals surface area contributed by atoms with E-state index in [0.29, 0.717) is 6.10 Å². The van der Waals surface area contributed by atoms with Crippen LogP contribution in [0.5, 0.6) is 0 Å². The van der Waals surface area contributed by atoms with Gasteiger partial charge >= 0.3 is 8.60 Å². The third-order valence-electron chi connectivity index (χ3n) is 10.2. The molecule has 46 heavy (non-hydrogen) atoms. The zero-order valence-corrected chi connectivity index (χ0v) is 32.7. The van der Waals surface area contributed by atoms with Crippen LogP contribution in [0.1, 0.15) is 251 Å². The zero-order valence-electron chi connectivity index (χ0n) is 31.8. The maximum Gasteiger partial charge on any atom is 0.332 e. The molecule has 1 saturated carbocycles. The monoisotopic (exact) mass is 669 g/mol. The molecule has 0 heterocycles. The highest BCUT2D eigenvalue weighted by Crippen LogP contribution is 2.44. The van der Waals surface area contributed by atoms with E-state index in [4.69, 9.17) is 13.6 Å². The van der Waals surface area contributed by atoms with E-state index in [1.165, 1.54) is 225 Å². The third kappa shape index (κ3) is 32.8. The van der Waals surface area contributed by atoms with Crippen molar-refractivity contribution in [1.29, 1.82) is 0 Å². The number of unbranched alkanes of at least 4 members (excludes halogenated alkanes) is 30. The van der Waals surface area contributed by atoms with Gasteiger partial charge in [-0.1, -0.05) is 226 Å². The Morgan fingerprint density at radius 2 is 0.609 bits per heavy atom. The van der Waals surface area contributed by atoms with E-state index in [1.807, 2.05) is 0 Å². The van der Waals surface area contributed by atoms with E-state index in [9.17, 15) is 0 Å². The molecule has 1 rings (SSSR count). The van der Waals surface area contributed by atoms with Gasteiger partial charge in [0.1, 0.15) is 0 Å². The quantitative estimate of drug-likeness (QED) is 0.0484. The minimum atomic E-state index is -1.17. The third-order valence-corrected chi connectivity index (χ3v) is 11.4. The van der Waals surface area contributed by atoms with Crippen LogP contribution in [0.15, 0.2) is 0 Å². The van der Waals surface area contributed by atoms with Gasteiger partial charge < -0.3 is 13.6 Å². The Bertz CT molecular complexity index is 515. The molecular formula is C42H85O3P. The summed E-state index contributed by atoms with van der Waals surface area (Å²) < 4.78 is 18.8. The van der Waals surface area contributed by atoms with Gasteiger partial charge in [-0.15, -0.1) is 0 Å². The van der Waals surface area contributed by atoms with Crippen molar-refractivity contribution in [3.05, 3.63) is 0 Å². The van der Waals surface area contributed by atoms with Crippen LogP contribution in [0.2, 0.25) is 0 Å². The van der Waals surface area contributed by atoms with Crippen molar-refractivity contribution in [2.45, 2.75) is 258 Å². The Morgan fingerprint density at radius 1 is 0.348 bits per heavy atom. The molecule has 276 valence electrons. The second kappa shape index (κ2) is 38.1. The highest BCUT2D eigenvalue weighted by molar-refractivity contribution is 7.41. The van der Waals surface area contributed by atoms with Crippen molar-refractivity contribution in [2.75, 3.05) is 13.2 Å². The number of rotatable bonds is 38. The first kappa shape index (κ1) is 44.3. The Kier molecular flexibility index (Phi) is 36.7. The number of hydrogen-bond donors (Lipinski definition) is 0. The highest BCUT2D eigenvalue weighted by atomic mass is 31.2. The summed E-state index contributed by atoms with van der Waals surface area (Å²) in [5, 5.41) is 0. The average molecular weight is 669 g/mol. The smallest absolute Gasteiger partial charge is 0.312 e. The molecule has 0 aromatic rings. The topological polar surface area (TPSA) is 27.7 Å². The van der Waals surface area contributed by atoms with E-state index < -0.39 is 8.60 Å². The van der Waals surface area contributed by atoms with Crippen LogP contribution in [0, 0.1) is 0 Å². The van der Waals surface area contributed by atoms with Crippen molar-refractivity contribution in [3.8, 4) is 0 Å². The average Bonchev–Trinajstić information content (AvgIpc) is 3.07. The molecule has 0 radical (unpaired) electrons. The summed E-state index contributed by atoms with van der Waals surface area (Å²) in [6.07, 6.45) is 51.6. The van der Waals surface area contributed by atoms with Crippen molar-refractivity contribution < 1.29 is 13.6 Å². The Balaban J connectivity index is 1.94. The van der Waals surface area contributed by atoms with Gasteiger partial charge in [-0.25, -0.2) is 0 Å². The fourth-order valence-corrected chi connectivity index (χ4v) is 8.18. The second-order valence-corrected chi connectivity index (χ2v) is 16.0. The van der Waals surface area contributed by atoms with Crippen LogP contribution >= 0.6 is 8.60 Å². The van der Waals surface area contributed by atoms with Crippen molar-refractivity contribution in [2.24, 2.45) is 0 Å². The summed E-state index contributed by atoms with van der Waals surface area (Å²) in [6.45, 7) is 6.21. The zero-order chi connectivity index (χ0) is 32.9. The number of hydrogen-bond acceptors (Lipinski definition) is 3. The van der Waals surface area contributed by atoms with Gasteiger partial charge in [0.15, 0.2) is 0 Å². The van der Waals surface area contributed by atoms with Crippen molar-refractivity contribution in [1.82, 2.24) is 0 Å². The molecule has 0 aliphatic heterocycles.